The minimum absolute atomic E-state index is 0. The first kappa shape index (κ1) is 68.1. The monoisotopic (exact) mass is 223 g/mol. The Morgan fingerprint density at radius 2 is 0.643 bits per heavy atom. The van der Waals surface area contributed by atoms with Crippen LogP contribution < -0.4 is 20.3 Å². The molecule has 0 atom stereocenters. The SMILES string of the molecule is CCO.CCO.CCO.N.[B+3].[F-].[F-].[F-]. The van der Waals surface area contributed by atoms with Crippen LogP contribution in [0.4, 0.5) is 0 Å². The summed E-state index contributed by atoms with van der Waals surface area (Å²) in [6.07, 6.45) is 0. The van der Waals surface area contributed by atoms with Crippen molar-refractivity contribution in [1.29, 1.82) is 0 Å². The van der Waals surface area contributed by atoms with Crippen molar-refractivity contribution in [2.75, 3.05) is 19.8 Å². The molecule has 0 aromatic carbocycles. The molecular formula is C6H21BF3NO3. The molecule has 0 spiro atoms. The van der Waals surface area contributed by atoms with Crippen LogP contribution in [0.1, 0.15) is 20.8 Å². The zero-order chi connectivity index (χ0) is 8.12. The summed E-state index contributed by atoms with van der Waals surface area (Å²) in [6.45, 7) is 5.79. The second kappa shape index (κ2) is 239. The maximum atomic E-state index is 7.57. The topological polar surface area (TPSA) is 95.7 Å². The van der Waals surface area contributed by atoms with E-state index in [0.29, 0.717) is 0 Å². The molecule has 14 heavy (non-hydrogen) atoms. The zero-order valence-corrected chi connectivity index (χ0v) is 8.88. The van der Waals surface area contributed by atoms with E-state index in [1.54, 1.807) is 20.8 Å². The van der Waals surface area contributed by atoms with Crippen LogP contribution in [0.3, 0.4) is 0 Å². The molecule has 4 nitrogen and oxygen atoms in total. The molecule has 0 rings (SSSR count). The number of aliphatic hydroxyl groups excluding tert-OH is 3. The summed E-state index contributed by atoms with van der Waals surface area (Å²) in [6, 6.07) is 0. The Balaban J connectivity index is -0.00000000545. The van der Waals surface area contributed by atoms with E-state index >= 15 is 0 Å². The van der Waals surface area contributed by atoms with Crippen molar-refractivity contribution in [3.63, 3.8) is 0 Å². The largest absolute Gasteiger partial charge is 3.00 e. The van der Waals surface area contributed by atoms with Crippen molar-refractivity contribution in [3.05, 3.63) is 0 Å². The maximum Gasteiger partial charge on any atom is 3.00 e. The molecule has 0 unspecified atom stereocenters. The van der Waals surface area contributed by atoms with Gasteiger partial charge in [-0.25, -0.2) is 0 Å². The van der Waals surface area contributed by atoms with E-state index in [-0.39, 0.29) is 48.5 Å². The van der Waals surface area contributed by atoms with Gasteiger partial charge < -0.3 is 35.6 Å². The van der Waals surface area contributed by atoms with Gasteiger partial charge in [-0.05, 0) is 20.8 Å². The average Bonchev–Trinajstić information content (AvgIpc) is 1.70. The molecule has 0 saturated carbocycles. The van der Waals surface area contributed by atoms with Crippen molar-refractivity contribution >= 4 is 8.41 Å². The minimum Gasteiger partial charge on any atom is -1.00 e. The van der Waals surface area contributed by atoms with Gasteiger partial charge in [0.25, 0.3) is 0 Å². The van der Waals surface area contributed by atoms with Gasteiger partial charge >= 0.3 is 8.41 Å². The fraction of sp³-hybridized carbons (Fsp3) is 1.00. The molecule has 0 saturated heterocycles. The average molecular weight is 223 g/mol. The number of rotatable bonds is 0. The van der Waals surface area contributed by atoms with Crippen molar-refractivity contribution < 1.29 is 29.4 Å². The standard InChI is InChI=1S/3C2H6O.B.3FH.H3N/c3*1-2-3;;;;;/h3*3H,2H2,1H3;;3*1H;1H3/q;;;+3;;;;/p-3. The van der Waals surface area contributed by atoms with Crippen LogP contribution in [0.25, 0.3) is 0 Å². The molecule has 0 aromatic rings. The molecule has 0 fully saturated rings. The molecule has 0 aliphatic carbocycles. The molecule has 0 aliphatic heterocycles. The second-order valence-electron chi connectivity index (χ2n) is 0.949. The van der Waals surface area contributed by atoms with Crippen LogP contribution in [0.5, 0.6) is 0 Å². The summed E-state index contributed by atoms with van der Waals surface area (Å²) >= 11 is 0. The Morgan fingerprint density at radius 1 is 0.643 bits per heavy atom. The summed E-state index contributed by atoms with van der Waals surface area (Å²) in [5.74, 6) is 0. The first-order valence-electron chi connectivity index (χ1n) is 3.07. The molecular weight excluding hydrogens is 202 g/mol. The minimum atomic E-state index is 0. The maximum absolute atomic E-state index is 7.57. The van der Waals surface area contributed by atoms with Gasteiger partial charge in [-0.1, -0.05) is 0 Å². The predicted molar refractivity (Wildman–Crippen MR) is 49.1 cm³/mol. The van der Waals surface area contributed by atoms with Crippen molar-refractivity contribution in [2.24, 2.45) is 0 Å². The smallest absolute Gasteiger partial charge is 1.00 e. The van der Waals surface area contributed by atoms with Crippen molar-refractivity contribution in [1.82, 2.24) is 6.15 Å². The summed E-state index contributed by atoms with van der Waals surface area (Å²) < 4.78 is 0. The number of aliphatic hydroxyl groups is 3. The van der Waals surface area contributed by atoms with Gasteiger partial charge in [-0.2, -0.15) is 0 Å². The van der Waals surface area contributed by atoms with Crippen LogP contribution >= 0.6 is 0 Å². The van der Waals surface area contributed by atoms with Gasteiger partial charge in [0.2, 0.25) is 0 Å². The first-order valence-corrected chi connectivity index (χ1v) is 3.07. The molecule has 0 amide bonds. The van der Waals surface area contributed by atoms with E-state index in [1.807, 2.05) is 0 Å². The number of halogens is 3. The van der Waals surface area contributed by atoms with E-state index in [4.69, 9.17) is 15.3 Å². The molecule has 0 bridgehead atoms. The molecule has 0 radical (unpaired) electrons. The normalized spacial score (nSPS) is 3.86. The van der Waals surface area contributed by atoms with E-state index in [0.717, 1.165) is 0 Å². The Bertz CT molecular complexity index is 33.0. The summed E-state index contributed by atoms with van der Waals surface area (Å²) in [5.41, 5.74) is 0. The van der Waals surface area contributed by atoms with Gasteiger partial charge in [0.05, 0.1) is 0 Å². The quantitative estimate of drug-likeness (QED) is 0.307. The Hall–Kier alpha value is -0.305. The first-order chi connectivity index (χ1) is 4.24. The van der Waals surface area contributed by atoms with Gasteiger partial charge in [-0.15, -0.1) is 0 Å². The van der Waals surface area contributed by atoms with Crippen molar-refractivity contribution in [2.45, 2.75) is 20.8 Å². The third-order valence-electron chi connectivity index (χ3n) is 0. The van der Waals surface area contributed by atoms with Gasteiger partial charge in [0, 0.05) is 19.8 Å². The second-order valence-corrected chi connectivity index (χ2v) is 0.949. The molecule has 0 heterocycles. The Labute approximate surface area is 85.6 Å². The number of hydrogen-bond donors (Lipinski definition) is 4. The molecule has 0 aliphatic rings. The van der Waals surface area contributed by atoms with Crippen LogP contribution in [0.15, 0.2) is 0 Å². The molecule has 6 N–H and O–H groups in total. The summed E-state index contributed by atoms with van der Waals surface area (Å²) in [4.78, 5) is 0. The fourth-order valence-electron chi connectivity index (χ4n) is 0. The van der Waals surface area contributed by atoms with Crippen LogP contribution in [-0.2, 0) is 0 Å². The van der Waals surface area contributed by atoms with Gasteiger partial charge in [-0.3, -0.25) is 0 Å². The third kappa shape index (κ3) is 14400. The van der Waals surface area contributed by atoms with Gasteiger partial charge in [0.15, 0.2) is 0 Å². The van der Waals surface area contributed by atoms with E-state index in [2.05, 4.69) is 0 Å². The summed E-state index contributed by atoms with van der Waals surface area (Å²) in [5, 5.41) is 22.7. The summed E-state index contributed by atoms with van der Waals surface area (Å²) in [7, 11) is 0. The molecule has 92 valence electrons. The molecule has 0 aromatic heterocycles. The van der Waals surface area contributed by atoms with Crippen LogP contribution in [-0.4, -0.2) is 43.6 Å². The number of hydrogen-bond acceptors (Lipinski definition) is 4. The Morgan fingerprint density at radius 3 is 0.643 bits per heavy atom. The van der Waals surface area contributed by atoms with E-state index in [9.17, 15) is 0 Å². The third-order valence-corrected chi connectivity index (χ3v) is 0. The van der Waals surface area contributed by atoms with E-state index < -0.39 is 0 Å². The van der Waals surface area contributed by atoms with Gasteiger partial charge in [0.1, 0.15) is 0 Å². The predicted octanol–water partition coefficient (Wildman–Crippen LogP) is -9.21. The van der Waals surface area contributed by atoms with E-state index in [1.165, 1.54) is 0 Å². The van der Waals surface area contributed by atoms with Crippen LogP contribution in [0, 0.1) is 0 Å². The fourth-order valence-corrected chi connectivity index (χ4v) is 0. The Kier molecular flexibility index (Phi) is 1160. The molecule has 8 heteroatoms. The van der Waals surface area contributed by atoms with Crippen molar-refractivity contribution in [3.8, 4) is 0 Å². The zero-order valence-electron chi connectivity index (χ0n) is 8.88. The van der Waals surface area contributed by atoms with Crippen LogP contribution in [0.2, 0.25) is 0 Å².